The van der Waals surface area contributed by atoms with Gasteiger partial charge in [0.05, 0.1) is 16.9 Å². The highest BCUT2D eigenvalue weighted by atomic mass is 15.3. The molecule has 1 atom stereocenters. The highest BCUT2D eigenvalue weighted by Gasteiger charge is 2.24. The molecule has 5 rings (SSSR count). The third kappa shape index (κ3) is 2.35. The van der Waals surface area contributed by atoms with Gasteiger partial charge in [0, 0.05) is 23.5 Å². The predicted molar refractivity (Wildman–Crippen MR) is 101 cm³/mol. The summed E-state index contributed by atoms with van der Waals surface area (Å²) in [6.45, 7) is 3.38. The zero-order valence-electron chi connectivity index (χ0n) is 14.1. The standard InChI is InChI=1S/C20H19N5/c1-13-5-4-10-25(13)19-12-14-6-2-3-7-16(14)21-20(19)15-8-9-17-18(11-15)23-24-22-17/h2-3,6-9,11-13H,4-5,10H2,1H3,(H,22,23,24). The van der Waals surface area contributed by atoms with Crippen LogP contribution in [0.1, 0.15) is 19.8 Å². The summed E-state index contributed by atoms with van der Waals surface area (Å²) in [5.41, 5.74) is 6.09. The van der Waals surface area contributed by atoms with Crippen LogP contribution in [0.3, 0.4) is 0 Å². The quantitative estimate of drug-likeness (QED) is 0.600. The van der Waals surface area contributed by atoms with Crippen molar-refractivity contribution >= 4 is 27.6 Å². The lowest BCUT2D eigenvalue weighted by molar-refractivity contribution is 0.735. The normalized spacial score (nSPS) is 17.6. The Labute approximate surface area is 145 Å². The molecule has 5 nitrogen and oxygen atoms in total. The smallest absolute Gasteiger partial charge is 0.113 e. The van der Waals surface area contributed by atoms with Crippen LogP contribution in [-0.4, -0.2) is 33.0 Å². The van der Waals surface area contributed by atoms with Gasteiger partial charge in [0.1, 0.15) is 11.0 Å². The summed E-state index contributed by atoms with van der Waals surface area (Å²) in [4.78, 5) is 7.50. The lowest BCUT2D eigenvalue weighted by Gasteiger charge is -2.26. The number of aromatic nitrogens is 4. The molecule has 1 fully saturated rings. The number of nitrogens with zero attached hydrogens (tertiary/aromatic N) is 4. The molecule has 0 amide bonds. The molecule has 2 aromatic carbocycles. The van der Waals surface area contributed by atoms with Gasteiger partial charge in [0.2, 0.25) is 0 Å². The van der Waals surface area contributed by atoms with Crippen molar-refractivity contribution in [2.75, 3.05) is 11.4 Å². The number of pyridine rings is 1. The van der Waals surface area contributed by atoms with Crippen molar-refractivity contribution in [3.8, 4) is 11.3 Å². The minimum atomic E-state index is 0.539. The predicted octanol–water partition coefficient (Wildman–Crippen LogP) is 4.16. The first-order valence-corrected chi connectivity index (χ1v) is 8.77. The summed E-state index contributed by atoms with van der Waals surface area (Å²) < 4.78 is 0. The van der Waals surface area contributed by atoms with E-state index in [1.807, 2.05) is 12.1 Å². The van der Waals surface area contributed by atoms with Crippen LogP contribution in [0.2, 0.25) is 0 Å². The number of fused-ring (bicyclic) bond motifs is 2. The number of hydrogen-bond donors (Lipinski definition) is 1. The topological polar surface area (TPSA) is 57.7 Å². The Morgan fingerprint density at radius 3 is 2.76 bits per heavy atom. The number of aromatic amines is 1. The van der Waals surface area contributed by atoms with Gasteiger partial charge >= 0.3 is 0 Å². The molecular weight excluding hydrogens is 310 g/mol. The van der Waals surface area contributed by atoms with Gasteiger partial charge in [-0.3, -0.25) is 0 Å². The summed E-state index contributed by atoms with van der Waals surface area (Å²) in [6.07, 6.45) is 2.46. The van der Waals surface area contributed by atoms with Crippen molar-refractivity contribution in [3.63, 3.8) is 0 Å². The van der Waals surface area contributed by atoms with Gasteiger partial charge in [-0.05, 0) is 44.0 Å². The molecule has 1 aliphatic heterocycles. The number of H-pyrrole nitrogens is 1. The number of hydrogen-bond acceptors (Lipinski definition) is 4. The Balaban J connectivity index is 1.76. The van der Waals surface area contributed by atoms with Crippen LogP contribution in [0.25, 0.3) is 33.2 Å². The highest BCUT2D eigenvalue weighted by molar-refractivity contribution is 5.91. The van der Waals surface area contributed by atoms with Crippen molar-refractivity contribution < 1.29 is 0 Å². The van der Waals surface area contributed by atoms with E-state index in [9.17, 15) is 0 Å². The van der Waals surface area contributed by atoms with Crippen LogP contribution in [0, 0.1) is 0 Å². The summed E-state index contributed by atoms with van der Waals surface area (Å²) in [5, 5.41) is 12.3. The van der Waals surface area contributed by atoms with E-state index in [0.717, 1.165) is 34.4 Å². The SMILES string of the molecule is CC1CCCN1c1cc2ccccc2nc1-c1ccc2n[nH]nc2c1. The van der Waals surface area contributed by atoms with E-state index in [4.69, 9.17) is 4.98 Å². The number of nitrogens with one attached hydrogen (secondary N) is 1. The van der Waals surface area contributed by atoms with E-state index in [2.05, 4.69) is 63.6 Å². The molecule has 5 heteroatoms. The molecule has 1 N–H and O–H groups in total. The summed E-state index contributed by atoms with van der Waals surface area (Å²) >= 11 is 0. The molecule has 1 saturated heterocycles. The average molecular weight is 329 g/mol. The van der Waals surface area contributed by atoms with Gasteiger partial charge in [-0.15, -0.1) is 0 Å². The van der Waals surface area contributed by atoms with Gasteiger partial charge in [-0.25, -0.2) is 4.98 Å². The Morgan fingerprint density at radius 1 is 1.00 bits per heavy atom. The molecule has 0 spiro atoms. The highest BCUT2D eigenvalue weighted by Crippen LogP contribution is 2.36. The average Bonchev–Trinajstić information content (AvgIpc) is 3.28. The lowest BCUT2D eigenvalue weighted by atomic mass is 10.0. The second kappa shape index (κ2) is 5.55. The monoisotopic (exact) mass is 329 g/mol. The van der Waals surface area contributed by atoms with Crippen molar-refractivity contribution in [3.05, 3.63) is 48.5 Å². The Kier molecular flexibility index (Phi) is 3.20. The Hall–Kier alpha value is -2.95. The summed E-state index contributed by atoms with van der Waals surface area (Å²) in [6, 6.07) is 17.3. The third-order valence-electron chi connectivity index (χ3n) is 5.16. The van der Waals surface area contributed by atoms with Gasteiger partial charge in [0.15, 0.2) is 0 Å². The molecule has 1 aliphatic rings. The first kappa shape index (κ1) is 14.4. The molecule has 0 bridgehead atoms. The van der Waals surface area contributed by atoms with Crippen molar-refractivity contribution in [1.82, 2.24) is 20.4 Å². The van der Waals surface area contributed by atoms with Crippen LogP contribution in [0.4, 0.5) is 5.69 Å². The van der Waals surface area contributed by atoms with Gasteiger partial charge in [-0.2, -0.15) is 15.4 Å². The zero-order chi connectivity index (χ0) is 16.8. The van der Waals surface area contributed by atoms with Crippen LogP contribution in [-0.2, 0) is 0 Å². The fourth-order valence-corrected chi connectivity index (χ4v) is 3.81. The molecule has 0 aliphatic carbocycles. The van der Waals surface area contributed by atoms with Crippen LogP contribution >= 0.6 is 0 Å². The maximum absolute atomic E-state index is 5.02. The van der Waals surface area contributed by atoms with Crippen molar-refractivity contribution in [2.45, 2.75) is 25.8 Å². The van der Waals surface area contributed by atoms with E-state index >= 15 is 0 Å². The third-order valence-corrected chi connectivity index (χ3v) is 5.16. The van der Waals surface area contributed by atoms with Crippen LogP contribution in [0.15, 0.2) is 48.5 Å². The van der Waals surface area contributed by atoms with E-state index in [1.165, 1.54) is 23.9 Å². The Bertz CT molecular complexity index is 1070. The fraction of sp³-hybridized carbons (Fsp3) is 0.250. The molecule has 0 radical (unpaired) electrons. The largest absolute Gasteiger partial charge is 0.367 e. The minimum Gasteiger partial charge on any atom is -0.367 e. The number of para-hydroxylation sites is 1. The fourth-order valence-electron chi connectivity index (χ4n) is 3.81. The number of rotatable bonds is 2. The van der Waals surface area contributed by atoms with Crippen molar-refractivity contribution in [1.29, 1.82) is 0 Å². The van der Waals surface area contributed by atoms with Gasteiger partial charge in [-0.1, -0.05) is 24.3 Å². The van der Waals surface area contributed by atoms with E-state index in [1.54, 1.807) is 0 Å². The van der Waals surface area contributed by atoms with Gasteiger partial charge in [0.25, 0.3) is 0 Å². The first-order valence-electron chi connectivity index (χ1n) is 8.77. The second-order valence-electron chi connectivity index (χ2n) is 6.76. The Morgan fingerprint density at radius 2 is 1.88 bits per heavy atom. The molecule has 1 unspecified atom stereocenters. The zero-order valence-corrected chi connectivity index (χ0v) is 14.1. The molecule has 0 saturated carbocycles. The van der Waals surface area contributed by atoms with E-state index < -0.39 is 0 Å². The molecule has 4 aromatic rings. The first-order chi connectivity index (χ1) is 12.3. The lowest BCUT2D eigenvalue weighted by Crippen LogP contribution is -2.27. The molecule has 25 heavy (non-hydrogen) atoms. The molecular formula is C20H19N5. The van der Waals surface area contributed by atoms with Gasteiger partial charge < -0.3 is 4.90 Å². The molecule has 3 heterocycles. The van der Waals surface area contributed by atoms with E-state index in [0.29, 0.717) is 6.04 Å². The number of benzene rings is 2. The summed E-state index contributed by atoms with van der Waals surface area (Å²) in [7, 11) is 0. The van der Waals surface area contributed by atoms with E-state index in [-0.39, 0.29) is 0 Å². The van der Waals surface area contributed by atoms with Crippen LogP contribution in [0.5, 0.6) is 0 Å². The summed E-state index contributed by atoms with van der Waals surface area (Å²) in [5.74, 6) is 0. The number of anilines is 1. The maximum Gasteiger partial charge on any atom is 0.113 e. The van der Waals surface area contributed by atoms with Crippen LogP contribution < -0.4 is 4.90 Å². The molecule has 124 valence electrons. The van der Waals surface area contributed by atoms with Crippen molar-refractivity contribution in [2.24, 2.45) is 0 Å². The minimum absolute atomic E-state index is 0.539. The molecule has 2 aromatic heterocycles. The second-order valence-corrected chi connectivity index (χ2v) is 6.76. The maximum atomic E-state index is 5.02.